The number of hydrogen-bond acceptors (Lipinski definition) is 4. The minimum absolute atomic E-state index is 0.174. The average Bonchev–Trinajstić information content (AvgIpc) is 3.62. The Morgan fingerprint density at radius 1 is 0.974 bits per heavy atom. The standard InChI is InChI=1S/C29H22Cl2FNO4S/c1-16(22-11-10-21(32)14-23(22)30)37-28(36)33-24-15-25(31)38-26(24)19-4-2-17(3-5-19)18-6-8-20(9-7-18)29(12-13-29)27(34)35/h2-11,14-16H,12-13H2,1H3,(H,33,36)(H,34,35)/t16-/m1/s1. The maximum atomic E-state index is 13.3. The van der Waals surface area contributed by atoms with Crippen molar-refractivity contribution in [2.75, 3.05) is 5.32 Å². The molecule has 1 aliphatic carbocycles. The first-order valence-corrected chi connectivity index (χ1v) is 13.4. The minimum atomic E-state index is -0.772. The van der Waals surface area contributed by atoms with Gasteiger partial charge in [0.15, 0.2) is 0 Å². The zero-order valence-electron chi connectivity index (χ0n) is 20.1. The SMILES string of the molecule is C[C@@H](OC(=O)Nc1cc(Cl)sc1-c1ccc(-c2ccc(C3(C(=O)O)CC3)cc2)cc1)c1ccc(F)cc1Cl. The molecule has 4 aromatic rings. The number of benzene rings is 3. The Balaban J connectivity index is 1.30. The van der Waals surface area contributed by atoms with Crippen molar-refractivity contribution in [1.82, 2.24) is 0 Å². The first kappa shape index (κ1) is 26.2. The number of hydrogen-bond donors (Lipinski definition) is 2. The van der Waals surface area contributed by atoms with Crippen LogP contribution in [-0.4, -0.2) is 17.2 Å². The molecule has 1 heterocycles. The predicted octanol–water partition coefficient (Wildman–Crippen LogP) is 8.95. The topological polar surface area (TPSA) is 75.6 Å². The van der Waals surface area contributed by atoms with Gasteiger partial charge in [0, 0.05) is 5.56 Å². The number of nitrogens with one attached hydrogen (secondary N) is 1. The highest BCUT2D eigenvalue weighted by molar-refractivity contribution is 7.20. The summed E-state index contributed by atoms with van der Waals surface area (Å²) in [5, 5.41) is 12.4. The Morgan fingerprint density at radius 3 is 2.16 bits per heavy atom. The Hall–Kier alpha value is -3.39. The summed E-state index contributed by atoms with van der Waals surface area (Å²) in [6, 6.07) is 21.0. The van der Waals surface area contributed by atoms with Gasteiger partial charge in [-0.15, -0.1) is 11.3 Å². The normalized spacial score (nSPS) is 14.5. The second-order valence-corrected chi connectivity index (χ2v) is 11.3. The van der Waals surface area contributed by atoms with Crippen molar-refractivity contribution < 1.29 is 23.8 Å². The van der Waals surface area contributed by atoms with Gasteiger partial charge in [0.05, 0.1) is 25.3 Å². The molecule has 1 saturated carbocycles. The second kappa shape index (κ2) is 10.4. The van der Waals surface area contributed by atoms with Gasteiger partial charge in [-0.25, -0.2) is 9.18 Å². The Bertz CT molecular complexity index is 1510. The van der Waals surface area contributed by atoms with Gasteiger partial charge in [-0.3, -0.25) is 10.1 Å². The smallest absolute Gasteiger partial charge is 0.412 e. The number of amides is 1. The molecule has 1 aromatic heterocycles. The van der Waals surface area contributed by atoms with Gasteiger partial charge in [-0.05, 0) is 60.2 Å². The van der Waals surface area contributed by atoms with Crippen molar-refractivity contribution in [1.29, 1.82) is 0 Å². The number of rotatable bonds is 7. The number of anilines is 1. The highest BCUT2D eigenvalue weighted by atomic mass is 35.5. The zero-order chi connectivity index (χ0) is 27.0. The highest BCUT2D eigenvalue weighted by Crippen LogP contribution is 2.48. The van der Waals surface area contributed by atoms with Crippen LogP contribution >= 0.6 is 34.5 Å². The third-order valence-electron chi connectivity index (χ3n) is 6.70. The van der Waals surface area contributed by atoms with Gasteiger partial charge in [-0.2, -0.15) is 0 Å². The quantitative estimate of drug-likeness (QED) is 0.233. The molecular weight excluding hydrogens is 548 g/mol. The maximum absolute atomic E-state index is 13.3. The maximum Gasteiger partial charge on any atom is 0.412 e. The Morgan fingerprint density at radius 2 is 1.58 bits per heavy atom. The van der Waals surface area contributed by atoms with E-state index in [1.165, 1.54) is 29.5 Å². The summed E-state index contributed by atoms with van der Waals surface area (Å²) in [5.41, 5.74) is 3.90. The van der Waals surface area contributed by atoms with Crippen molar-refractivity contribution in [2.24, 2.45) is 0 Å². The number of carbonyl (C=O) groups is 2. The van der Waals surface area contributed by atoms with Crippen molar-refractivity contribution in [3.05, 3.63) is 99.1 Å². The molecule has 1 atom stereocenters. The van der Waals surface area contributed by atoms with Crippen LogP contribution in [0.2, 0.25) is 9.36 Å². The zero-order valence-corrected chi connectivity index (χ0v) is 22.5. The van der Waals surface area contributed by atoms with Gasteiger partial charge < -0.3 is 9.84 Å². The highest BCUT2D eigenvalue weighted by Gasteiger charge is 2.51. The van der Waals surface area contributed by atoms with Gasteiger partial charge in [0.2, 0.25) is 0 Å². The van der Waals surface area contributed by atoms with E-state index >= 15 is 0 Å². The van der Waals surface area contributed by atoms with E-state index in [0.29, 0.717) is 28.4 Å². The lowest BCUT2D eigenvalue weighted by Crippen LogP contribution is -2.19. The molecule has 0 radical (unpaired) electrons. The fourth-order valence-electron chi connectivity index (χ4n) is 4.41. The first-order chi connectivity index (χ1) is 18.2. The van der Waals surface area contributed by atoms with Crippen LogP contribution in [0.25, 0.3) is 21.6 Å². The summed E-state index contributed by atoms with van der Waals surface area (Å²) >= 11 is 13.7. The van der Waals surface area contributed by atoms with Crippen LogP contribution in [0.4, 0.5) is 14.9 Å². The lowest BCUT2D eigenvalue weighted by Gasteiger charge is -2.16. The molecule has 0 saturated heterocycles. The molecule has 1 amide bonds. The second-order valence-electron chi connectivity index (χ2n) is 9.17. The average molecular weight is 570 g/mol. The molecule has 194 valence electrons. The third-order valence-corrected chi connectivity index (χ3v) is 8.34. The molecule has 0 unspecified atom stereocenters. The van der Waals surface area contributed by atoms with Crippen molar-refractivity contribution in [3.63, 3.8) is 0 Å². The fraction of sp³-hybridized carbons (Fsp3) is 0.172. The van der Waals surface area contributed by atoms with E-state index in [1.54, 1.807) is 13.0 Å². The van der Waals surface area contributed by atoms with E-state index < -0.39 is 29.4 Å². The van der Waals surface area contributed by atoms with E-state index in [2.05, 4.69) is 5.32 Å². The Kier molecular flexibility index (Phi) is 7.18. The molecule has 1 fully saturated rings. The molecule has 0 aliphatic heterocycles. The number of aliphatic carboxylic acids is 1. The molecule has 5 rings (SSSR count). The van der Waals surface area contributed by atoms with E-state index in [9.17, 15) is 19.1 Å². The summed E-state index contributed by atoms with van der Waals surface area (Å²) in [7, 11) is 0. The molecular formula is C29H22Cl2FNO4S. The largest absolute Gasteiger partial charge is 0.481 e. The summed E-state index contributed by atoms with van der Waals surface area (Å²) < 4.78 is 19.3. The molecule has 3 aromatic carbocycles. The van der Waals surface area contributed by atoms with Crippen LogP contribution in [-0.2, 0) is 14.9 Å². The van der Waals surface area contributed by atoms with Gasteiger partial charge >= 0.3 is 12.1 Å². The van der Waals surface area contributed by atoms with E-state index in [0.717, 1.165) is 27.1 Å². The van der Waals surface area contributed by atoms with Gasteiger partial charge in [0.1, 0.15) is 11.9 Å². The van der Waals surface area contributed by atoms with Crippen LogP contribution < -0.4 is 5.32 Å². The number of carboxylic acids is 1. The molecule has 9 heteroatoms. The van der Waals surface area contributed by atoms with Crippen LogP contribution in [0, 0.1) is 5.82 Å². The van der Waals surface area contributed by atoms with Crippen LogP contribution in [0.3, 0.4) is 0 Å². The van der Waals surface area contributed by atoms with Crippen LogP contribution in [0.5, 0.6) is 0 Å². The summed E-state index contributed by atoms with van der Waals surface area (Å²) in [5.74, 6) is -1.24. The summed E-state index contributed by atoms with van der Waals surface area (Å²) in [4.78, 5) is 25.0. The van der Waals surface area contributed by atoms with E-state index in [4.69, 9.17) is 27.9 Å². The molecule has 5 nitrogen and oxygen atoms in total. The number of thiophene rings is 1. The minimum Gasteiger partial charge on any atom is -0.481 e. The predicted molar refractivity (Wildman–Crippen MR) is 149 cm³/mol. The lowest BCUT2D eigenvalue weighted by molar-refractivity contribution is -0.140. The molecule has 1 aliphatic rings. The van der Waals surface area contributed by atoms with Crippen molar-refractivity contribution in [2.45, 2.75) is 31.3 Å². The van der Waals surface area contributed by atoms with Crippen molar-refractivity contribution in [3.8, 4) is 21.6 Å². The van der Waals surface area contributed by atoms with Gasteiger partial charge in [0.25, 0.3) is 0 Å². The van der Waals surface area contributed by atoms with E-state index in [1.807, 2.05) is 48.5 Å². The molecule has 38 heavy (non-hydrogen) atoms. The van der Waals surface area contributed by atoms with Gasteiger partial charge in [-0.1, -0.05) is 77.8 Å². The molecule has 0 spiro atoms. The summed E-state index contributed by atoms with van der Waals surface area (Å²) in [6.45, 7) is 1.65. The Labute approximate surface area is 232 Å². The number of carbonyl (C=O) groups excluding carboxylic acids is 1. The summed E-state index contributed by atoms with van der Waals surface area (Å²) in [6.07, 6.45) is -0.0535. The fourth-order valence-corrected chi connectivity index (χ4v) is 5.92. The number of carboxylic acid groups (broad SMARTS) is 1. The molecule has 0 bridgehead atoms. The monoisotopic (exact) mass is 569 g/mol. The molecule has 2 N–H and O–H groups in total. The number of ether oxygens (including phenoxy) is 1. The lowest BCUT2D eigenvalue weighted by atomic mass is 9.93. The van der Waals surface area contributed by atoms with E-state index in [-0.39, 0.29) is 5.02 Å². The number of halogens is 3. The van der Waals surface area contributed by atoms with Crippen molar-refractivity contribution >= 4 is 52.3 Å². The van der Waals surface area contributed by atoms with Crippen LogP contribution in [0.1, 0.15) is 37.0 Å². The van der Waals surface area contributed by atoms with Crippen LogP contribution in [0.15, 0.2) is 72.8 Å². The third kappa shape index (κ3) is 5.27. The first-order valence-electron chi connectivity index (χ1n) is 11.8.